The minimum atomic E-state index is -3.79. The van der Waals surface area contributed by atoms with Crippen LogP contribution in [0.1, 0.15) is 12.6 Å². The molecule has 1 N–H and O–H groups in total. The molecule has 19 heavy (non-hydrogen) atoms. The zero-order chi connectivity index (χ0) is 14.6. The molecule has 102 valence electrons. The number of carbonyl (C=O) groups is 1. The van der Waals surface area contributed by atoms with Crippen LogP contribution in [0, 0.1) is 17.2 Å². The first-order valence-electron chi connectivity index (χ1n) is 5.34. The van der Waals surface area contributed by atoms with Crippen molar-refractivity contribution in [2.24, 2.45) is 5.92 Å². The number of pyridine rings is 1. The third-order valence-corrected chi connectivity index (χ3v) is 4.32. The number of nitriles is 1. The number of aromatic nitrogens is 1. The largest absolute Gasteiger partial charge is 0.481 e. The highest BCUT2D eigenvalue weighted by Crippen LogP contribution is 2.14. The molecule has 0 saturated heterocycles. The standard InChI is InChI=1S/C11H13N3O4S/c1-8(11(15)16)7-14(2)19(17,18)10-4-3-9(5-12)13-6-10/h3-4,6,8H,7H2,1-2H3,(H,15,16). The van der Waals surface area contributed by atoms with E-state index in [1.807, 2.05) is 0 Å². The zero-order valence-electron chi connectivity index (χ0n) is 10.4. The summed E-state index contributed by atoms with van der Waals surface area (Å²) in [6.45, 7) is 1.28. The molecule has 1 unspecified atom stereocenters. The number of aliphatic carboxylic acids is 1. The van der Waals surface area contributed by atoms with E-state index in [1.165, 1.54) is 26.1 Å². The molecule has 0 aliphatic rings. The van der Waals surface area contributed by atoms with Gasteiger partial charge < -0.3 is 5.11 Å². The summed E-state index contributed by atoms with van der Waals surface area (Å²) in [4.78, 5) is 14.3. The number of carboxylic acid groups (broad SMARTS) is 1. The van der Waals surface area contributed by atoms with Gasteiger partial charge >= 0.3 is 5.97 Å². The number of hydrogen-bond donors (Lipinski definition) is 1. The molecule has 0 radical (unpaired) electrons. The Balaban J connectivity index is 2.96. The van der Waals surface area contributed by atoms with Gasteiger partial charge in [-0.1, -0.05) is 6.92 Å². The summed E-state index contributed by atoms with van der Waals surface area (Å²) in [6.07, 6.45) is 1.08. The van der Waals surface area contributed by atoms with Crippen molar-refractivity contribution in [2.75, 3.05) is 13.6 Å². The Morgan fingerprint density at radius 1 is 1.58 bits per heavy atom. The molecule has 0 aliphatic heterocycles. The molecule has 7 nitrogen and oxygen atoms in total. The van der Waals surface area contributed by atoms with Crippen molar-refractivity contribution in [3.63, 3.8) is 0 Å². The van der Waals surface area contributed by atoms with E-state index >= 15 is 0 Å². The second-order valence-corrected chi connectivity index (χ2v) is 6.06. The second-order valence-electron chi connectivity index (χ2n) is 4.02. The lowest BCUT2D eigenvalue weighted by Crippen LogP contribution is -2.33. The monoisotopic (exact) mass is 283 g/mol. The predicted octanol–water partition coefficient (Wildman–Crippen LogP) is 0.294. The zero-order valence-corrected chi connectivity index (χ0v) is 11.3. The summed E-state index contributed by atoms with van der Waals surface area (Å²) in [5.41, 5.74) is 0.112. The molecule has 1 heterocycles. The molecule has 0 amide bonds. The normalized spacial score (nSPS) is 12.9. The van der Waals surface area contributed by atoms with E-state index in [0.717, 1.165) is 10.5 Å². The molecule has 0 bridgehead atoms. The maximum absolute atomic E-state index is 12.1. The molecule has 0 aromatic carbocycles. The molecule has 1 rings (SSSR count). The minimum Gasteiger partial charge on any atom is -0.481 e. The van der Waals surface area contributed by atoms with E-state index in [0.29, 0.717) is 0 Å². The maximum atomic E-state index is 12.1. The molecule has 1 aromatic rings. The molecule has 0 spiro atoms. The van der Waals surface area contributed by atoms with E-state index in [1.54, 1.807) is 6.07 Å². The van der Waals surface area contributed by atoms with Crippen LogP contribution < -0.4 is 0 Å². The summed E-state index contributed by atoms with van der Waals surface area (Å²) >= 11 is 0. The molecule has 8 heteroatoms. The maximum Gasteiger partial charge on any atom is 0.307 e. The number of rotatable bonds is 5. The smallest absolute Gasteiger partial charge is 0.307 e. The van der Waals surface area contributed by atoms with Gasteiger partial charge in [-0.05, 0) is 12.1 Å². The van der Waals surface area contributed by atoms with Crippen LogP contribution in [-0.2, 0) is 14.8 Å². The van der Waals surface area contributed by atoms with E-state index in [2.05, 4.69) is 4.98 Å². The number of hydrogen-bond acceptors (Lipinski definition) is 5. The van der Waals surface area contributed by atoms with E-state index in [9.17, 15) is 13.2 Å². The Bertz CT molecular complexity index is 604. The lowest BCUT2D eigenvalue weighted by Gasteiger charge is -2.18. The van der Waals surface area contributed by atoms with E-state index < -0.39 is 21.9 Å². The summed E-state index contributed by atoms with van der Waals surface area (Å²) < 4.78 is 25.2. The van der Waals surface area contributed by atoms with Crippen LogP contribution >= 0.6 is 0 Å². The van der Waals surface area contributed by atoms with Gasteiger partial charge in [-0.2, -0.15) is 5.26 Å². The van der Waals surface area contributed by atoms with Crippen LogP contribution in [-0.4, -0.2) is 42.4 Å². The first-order valence-corrected chi connectivity index (χ1v) is 6.78. The number of sulfonamides is 1. The average Bonchev–Trinajstić information content (AvgIpc) is 2.38. The Labute approximate surface area is 111 Å². The molecule has 1 atom stereocenters. The first-order chi connectivity index (χ1) is 8.78. The summed E-state index contributed by atoms with van der Waals surface area (Å²) in [5, 5.41) is 17.3. The highest BCUT2D eigenvalue weighted by atomic mass is 32.2. The second kappa shape index (κ2) is 5.77. The fraction of sp³-hybridized carbons (Fsp3) is 0.364. The van der Waals surface area contributed by atoms with Crippen LogP contribution in [0.25, 0.3) is 0 Å². The van der Waals surface area contributed by atoms with Gasteiger partial charge in [-0.3, -0.25) is 4.79 Å². The third-order valence-electron chi connectivity index (χ3n) is 2.51. The van der Waals surface area contributed by atoms with Crippen molar-refractivity contribution < 1.29 is 18.3 Å². The van der Waals surface area contributed by atoms with Gasteiger partial charge in [0.05, 0.1) is 5.92 Å². The Morgan fingerprint density at radius 3 is 2.63 bits per heavy atom. The highest BCUT2D eigenvalue weighted by Gasteiger charge is 2.25. The van der Waals surface area contributed by atoms with Crippen LogP contribution in [0.2, 0.25) is 0 Å². The van der Waals surface area contributed by atoms with Crippen LogP contribution in [0.4, 0.5) is 0 Å². The lowest BCUT2D eigenvalue weighted by molar-refractivity contribution is -0.141. The predicted molar refractivity (Wildman–Crippen MR) is 65.6 cm³/mol. The molecular formula is C11H13N3O4S. The van der Waals surface area contributed by atoms with Gasteiger partial charge in [-0.15, -0.1) is 0 Å². The van der Waals surface area contributed by atoms with Gasteiger partial charge in [0, 0.05) is 19.8 Å². The molecular weight excluding hydrogens is 270 g/mol. The van der Waals surface area contributed by atoms with Crippen molar-refractivity contribution in [3.05, 3.63) is 24.0 Å². The molecule has 0 fully saturated rings. The van der Waals surface area contributed by atoms with Crippen LogP contribution in [0.3, 0.4) is 0 Å². The molecule has 0 saturated carbocycles. The molecule has 1 aromatic heterocycles. The van der Waals surface area contributed by atoms with Crippen molar-refractivity contribution in [1.82, 2.24) is 9.29 Å². The SMILES string of the molecule is CC(CN(C)S(=O)(=O)c1ccc(C#N)nc1)C(=O)O. The van der Waals surface area contributed by atoms with Gasteiger partial charge in [0.15, 0.2) is 0 Å². The average molecular weight is 283 g/mol. The van der Waals surface area contributed by atoms with Crippen LogP contribution in [0.15, 0.2) is 23.2 Å². The van der Waals surface area contributed by atoms with Crippen molar-refractivity contribution >= 4 is 16.0 Å². The van der Waals surface area contributed by atoms with Gasteiger partial charge in [0.1, 0.15) is 16.7 Å². The van der Waals surface area contributed by atoms with Crippen molar-refractivity contribution in [1.29, 1.82) is 5.26 Å². The lowest BCUT2D eigenvalue weighted by atomic mass is 10.2. The van der Waals surface area contributed by atoms with Gasteiger partial charge in [0.2, 0.25) is 10.0 Å². The summed E-state index contributed by atoms with van der Waals surface area (Å²) in [7, 11) is -2.50. The fourth-order valence-electron chi connectivity index (χ4n) is 1.34. The Morgan fingerprint density at radius 2 is 2.21 bits per heavy atom. The molecule has 0 aliphatic carbocycles. The Kier molecular flexibility index (Phi) is 4.58. The first kappa shape index (κ1) is 15.1. The van der Waals surface area contributed by atoms with Crippen LogP contribution in [0.5, 0.6) is 0 Å². The summed E-state index contributed by atoms with van der Waals surface area (Å²) in [5.74, 6) is -1.88. The Hall–Kier alpha value is -1.98. The van der Waals surface area contributed by atoms with E-state index in [-0.39, 0.29) is 17.1 Å². The number of nitrogens with zero attached hydrogens (tertiary/aromatic N) is 3. The quantitative estimate of drug-likeness (QED) is 0.831. The third kappa shape index (κ3) is 3.49. The minimum absolute atomic E-state index is 0.0772. The number of carboxylic acids is 1. The van der Waals surface area contributed by atoms with Gasteiger partial charge in [0.25, 0.3) is 0 Å². The van der Waals surface area contributed by atoms with Crippen molar-refractivity contribution in [2.45, 2.75) is 11.8 Å². The topological polar surface area (TPSA) is 111 Å². The highest BCUT2D eigenvalue weighted by molar-refractivity contribution is 7.89. The summed E-state index contributed by atoms with van der Waals surface area (Å²) in [6, 6.07) is 4.34. The van der Waals surface area contributed by atoms with E-state index in [4.69, 9.17) is 10.4 Å². The van der Waals surface area contributed by atoms with Gasteiger partial charge in [-0.25, -0.2) is 17.7 Å². The van der Waals surface area contributed by atoms with Crippen molar-refractivity contribution in [3.8, 4) is 6.07 Å². The fourth-order valence-corrected chi connectivity index (χ4v) is 2.55.